The molecule has 2 N–H and O–H groups in total. The highest BCUT2D eigenvalue weighted by Crippen LogP contribution is 2.20. The summed E-state index contributed by atoms with van der Waals surface area (Å²) in [4.78, 5) is 24.8. The van der Waals surface area contributed by atoms with Crippen molar-refractivity contribution in [2.45, 2.75) is 6.54 Å². The van der Waals surface area contributed by atoms with Crippen LogP contribution in [0.1, 0.15) is 15.9 Å². The summed E-state index contributed by atoms with van der Waals surface area (Å²) in [5, 5.41) is 7.74. The zero-order valence-electron chi connectivity index (χ0n) is 16.8. The maximum absolute atomic E-state index is 13.1. The van der Waals surface area contributed by atoms with Gasteiger partial charge in [0.1, 0.15) is 12.4 Å². The molecule has 160 valence electrons. The van der Waals surface area contributed by atoms with E-state index in [1.165, 1.54) is 24.3 Å². The van der Waals surface area contributed by atoms with Gasteiger partial charge >= 0.3 is 0 Å². The Morgan fingerprint density at radius 3 is 2.59 bits per heavy atom. The number of aromatic nitrogens is 1. The molecule has 4 aromatic rings. The molecule has 0 spiro atoms. The summed E-state index contributed by atoms with van der Waals surface area (Å²) in [6, 6.07) is 20.4. The zero-order chi connectivity index (χ0) is 22.5. The normalized spacial score (nSPS) is 11.1. The average Bonchev–Trinajstić information content (AvgIpc) is 3.12. The van der Waals surface area contributed by atoms with Crippen LogP contribution in [0.2, 0.25) is 0 Å². The number of nitrogens with one attached hydrogen (secondary N) is 2. The van der Waals surface area contributed by atoms with Crippen LogP contribution in [0.25, 0.3) is 10.9 Å². The Morgan fingerprint density at radius 1 is 1.03 bits per heavy atom. The second-order valence-electron chi connectivity index (χ2n) is 6.99. The lowest BCUT2D eigenvalue weighted by atomic mass is 10.2. The molecule has 0 atom stereocenters. The van der Waals surface area contributed by atoms with Crippen LogP contribution in [0, 0.1) is 9.39 Å². The Kier molecular flexibility index (Phi) is 6.60. The summed E-state index contributed by atoms with van der Waals surface area (Å²) in [5.74, 6) is -0.910. The number of carbonyl (C=O) groups excluding carboxylic acids is 2. The molecule has 1 heterocycles. The number of halogens is 2. The first-order valence-electron chi connectivity index (χ1n) is 9.72. The van der Waals surface area contributed by atoms with Crippen LogP contribution in [0.4, 0.5) is 10.1 Å². The number of anilines is 1. The van der Waals surface area contributed by atoms with Crippen molar-refractivity contribution in [3.05, 3.63) is 99.5 Å². The molecule has 0 aliphatic carbocycles. The van der Waals surface area contributed by atoms with Crippen LogP contribution in [0.3, 0.4) is 0 Å². The van der Waals surface area contributed by atoms with Crippen molar-refractivity contribution in [2.24, 2.45) is 5.10 Å². The minimum absolute atomic E-state index is 0.0700. The fraction of sp³-hybridized carbons (Fsp3) is 0.0417. The van der Waals surface area contributed by atoms with Gasteiger partial charge in [0, 0.05) is 37.5 Å². The first-order valence-corrected chi connectivity index (χ1v) is 10.8. The third-order valence-electron chi connectivity index (χ3n) is 4.72. The van der Waals surface area contributed by atoms with E-state index in [4.69, 9.17) is 0 Å². The number of hydrazone groups is 1. The monoisotopic (exact) mass is 540 g/mol. The maximum atomic E-state index is 13.1. The number of nitrogens with zero attached hydrogens (tertiary/aromatic N) is 2. The van der Waals surface area contributed by atoms with Crippen molar-refractivity contribution in [1.29, 1.82) is 0 Å². The van der Waals surface area contributed by atoms with E-state index in [0.29, 0.717) is 11.3 Å². The maximum Gasteiger partial charge on any atom is 0.271 e. The van der Waals surface area contributed by atoms with Crippen molar-refractivity contribution in [3.63, 3.8) is 0 Å². The van der Waals surface area contributed by atoms with E-state index in [-0.39, 0.29) is 24.2 Å². The molecule has 8 heteroatoms. The fourth-order valence-electron chi connectivity index (χ4n) is 3.25. The number of carbonyl (C=O) groups is 2. The van der Waals surface area contributed by atoms with Crippen molar-refractivity contribution < 1.29 is 14.0 Å². The number of benzene rings is 3. The summed E-state index contributed by atoms with van der Waals surface area (Å²) in [6.07, 6.45) is 3.36. The van der Waals surface area contributed by atoms with Gasteiger partial charge in [0.15, 0.2) is 0 Å². The van der Waals surface area contributed by atoms with Gasteiger partial charge < -0.3 is 9.88 Å². The Labute approximate surface area is 197 Å². The first-order chi connectivity index (χ1) is 15.5. The molecule has 4 rings (SSSR count). The van der Waals surface area contributed by atoms with Crippen LogP contribution in [0.5, 0.6) is 0 Å². The van der Waals surface area contributed by atoms with Crippen molar-refractivity contribution in [3.8, 4) is 0 Å². The van der Waals surface area contributed by atoms with Crippen LogP contribution >= 0.6 is 22.6 Å². The molecule has 0 saturated carbocycles. The molecule has 0 saturated heterocycles. The lowest BCUT2D eigenvalue weighted by molar-refractivity contribution is -0.116. The van der Waals surface area contributed by atoms with Gasteiger partial charge in [-0.3, -0.25) is 9.59 Å². The first kappa shape index (κ1) is 21.7. The number of fused-ring (bicyclic) bond motifs is 1. The highest BCUT2D eigenvalue weighted by Gasteiger charge is 2.11. The minimum Gasteiger partial charge on any atom is -0.337 e. The highest BCUT2D eigenvalue weighted by atomic mass is 127. The van der Waals surface area contributed by atoms with Crippen molar-refractivity contribution in [2.75, 3.05) is 5.32 Å². The number of hydrogen-bond acceptors (Lipinski definition) is 3. The number of amides is 2. The summed E-state index contributed by atoms with van der Waals surface area (Å²) in [6.45, 7) is 0.0700. The molecule has 32 heavy (non-hydrogen) atoms. The Morgan fingerprint density at radius 2 is 1.81 bits per heavy atom. The molecule has 0 radical (unpaired) electrons. The standard InChI is InChI=1S/C24H18FIN4O2/c25-18-8-10-20(11-9-18)28-23(31)15-30-14-17(21-6-1-2-7-22(21)30)13-27-29-24(32)16-4-3-5-19(26)12-16/h1-14H,15H2,(H,28,31)(H,29,32)/b27-13-. The van der Waals surface area contributed by atoms with Gasteiger partial charge in [-0.05, 0) is 71.1 Å². The predicted octanol–water partition coefficient (Wildman–Crippen LogP) is 4.79. The number of hydrogen-bond donors (Lipinski definition) is 2. The van der Waals surface area contributed by atoms with Crippen molar-refractivity contribution >= 4 is 57.2 Å². The minimum atomic E-state index is -0.363. The molecular weight excluding hydrogens is 522 g/mol. The van der Waals surface area contributed by atoms with E-state index >= 15 is 0 Å². The summed E-state index contributed by atoms with van der Waals surface area (Å²) in [5.41, 5.74) is 5.19. The zero-order valence-corrected chi connectivity index (χ0v) is 18.9. The van der Waals surface area contributed by atoms with Crippen LogP contribution in [-0.4, -0.2) is 22.6 Å². The summed E-state index contributed by atoms with van der Waals surface area (Å²) >= 11 is 2.15. The van der Waals surface area contributed by atoms with E-state index in [2.05, 4.69) is 38.4 Å². The lowest BCUT2D eigenvalue weighted by Crippen LogP contribution is -2.18. The van der Waals surface area contributed by atoms with Crippen LogP contribution in [0.15, 0.2) is 84.1 Å². The van der Waals surface area contributed by atoms with Gasteiger partial charge in [-0.2, -0.15) is 5.10 Å². The van der Waals surface area contributed by atoms with Gasteiger partial charge in [0.2, 0.25) is 5.91 Å². The molecular formula is C24H18FIN4O2. The highest BCUT2D eigenvalue weighted by molar-refractivity contribution is 14.1. The molecule has 0 fully saturated rings. The topological polar surface area (TPSA) is 75.5 Å². The second kappa shape index (κ2) is 9.73. The van der Waals surface area contributed by atoms with E-state index in [1.54, 1.807) is 29.1 Å². The Bertz CT molecular complexity index is 1320. The molecule has 1 aromatic heterocycles. The summed E-state index contributed by atoms with van der Waals surface area (Å²) < 4.78 is 15.8. The quantitative estimate of drug-likeness (QED) is 0.210. The van der Waals surface area contributed by atoms with E-state index < -0.39 is 0 Å². The lowest BCUT2D eigenvalue weighted by Gasteiger charge is -2.07. The largest absolute Gasteiger partial charge is 0.337 e. The van der Waals surface area contributed by atoms with E-state index in [1.807, 2.05) is 36.4 Å². The average molecular weight is 540 g/mol. The Balaban J connectivity index is 1.49. The molecule has 0 aliphatic rings. The van der Waals surface area contributed by atoms with E-state index in [9.17, 15) is 14.0 Å². The van der Waals surface area contributed by atoms with Gasteiger partial charge in [-0.25, -0.2) is 9.82 Å². The van der Waals surface area contributed by atoms with Gasteiger partial charge in [0.25, 0.3) is 5.91 Å². The van der Waals surface area contributed by atoms with Gasteiger partial charge in [-0.15, -0.1) is 0 Å². The number of rotatable bonds is 6. The number of para-hydroxylation sites is 1. The molecule has 6 nitrogen and oxygen atoms in total. The van der Waals surface area contributed by atoms with Gasteiger partial charge in [-0.1, -0.05) is 24.3 Å². The molecule has 0 bridgehead atoms. The van der Waals surface area contributed by atoms with Crippen molar-refractivity contribution in [1.82, 2.24) is 9.99 Å². The van der Waals surface area contributed by atoms with E-state index in [0.717, 1.165) is 20.0 Å². The van der Waals surface area contributed by atoms with Gasteiger partial charge in [0.05, 0.1) is 6.21 Å². The van der Waals surface area contributed by atoms with Crippen LogP contribution < -0.4 is 10.7 Å². The third-order valence-corrected chi connectivity index (χ3v) is 5.39. The molecule has 0 unspecified atom stereocenters. The van der Waals surface area contributed by atoms with Crippen LogP contribution in [-0.2, 0) is 11.3 Å². The second-order valence-corrected chi connectivity index (χ2v) is 8.24. The molecule has 3 aromatic carbocycles. The SMILES string of the molecule is O=C(Cn1cc(/C=N\NC(=O)c2cccc(I)c2)c2ccccc21)Nc1ccc(F)cc1. The Hall–Kier alpha value is -3.53. The predicted molar refractivity (Wildman–Crippen MR) is 131 cm³/mol. The molecule has 2 amide bonds. The molecule has 0 aliphatic heterocycles. The summed E-state index contributed by atoms with van der Waals surface area (Å²) in [7, 11) is 0. The third kappa shape index (κ3) is 5.20. The smallest absolute Gasteiger partial charge is 0.271 e. The fourth-order valence-corrected chi connectivity index (χ4v) is 3.80.